The fraction of sp³-hybridized carbons (Fsp3) is 0.353. The van der Waals surface area contributed by atoms with Gasteiger partial charge in [-0.3, -0.25) is 9.59 Å². The third kappa shape index (κ3) is 4.51. The topological polar surface area (TPSA) is 107 Å². The molecule has 27 heavy (non-hydrogen) atoms. The van der Waals surface area contributed by atoms with Gasteiger partial charge in [-0.25, -0.2) is 17.5 Å². The fourth-order valence-electron chi connectivity index (χ4n) is 2.90. The summed E-state index contributed by atoms with van der Waals surface area (Å²) >= 11 is 0. The Labute approximate surface area is 154 Å². The molecular weight excluding hydrogens is 377 g/mol. The minimum Gasteiger partial charge on any atom is -0.496 e. The van der Waals surface area contributed by atoms with Gasteiger partial charge in [-0.15, -0.1) is 0 Å². The molecule has 2 heterocycles. The zero-order valence-electron chi connectivity index (χ0n) is 14.5. The average molecular weight is 395 g/mol. The third-order valence-corrected chi connectivity index (χ3v) is 5.97. The van der Waals surface area contributed by atoms with E-state index in [0.29, 0.717) is 17.7 Å². The van der Waals surface area contributed by atoms with Crippen LogP contribution in [0, 0.1) is 5.82 Å². The Morgan fingerprint density at radius 3 is 2.81 bits per heavy atom. The van der Waals surface area contributed by atoms with Crippen LogP contribution in [0.1, 0.15) is 6.42 Å². The Kier molecular flexibility index (Phi) is 5.26. The van der Waals surface area contributed by atoms with Crippen LogP contribution in [0.2, 0.25) is 0 Å². The molecule has 144 valence electrons. The quantitative estimate of drug-likeness (QED) is 0.783. The van der Waals surface area contributed by atoms with Crippen molar-refractivity contribution >= 4 is 15.7 Å². The van der Waals surface area contributed by atoms with E-state index in [1.54, 1.807) is 0 Å². The number of amides is 1. The molecule has 1 atom stereocenters. The minimum atomic E-state index is -3.12. The number of halogens is 1. The molecule has 0 saturated carbocycles. The smallest absolute Gasteiger partial charge is 0.267 e. The predicted molar refractivity (Wildman–Crippen MR) is 95.6 cm³/mol. The lowest BCUT2D eigenvalue weighted by atomic mass is 10.1. The lowest BCUT2D eigenvalue weighted by molar-refractivity contribution is -0.122. The molecule has 1 aromatic carbocycles. The van der Waals surface area contributed by atoms with E-state index in [1.807, 2.05) is 0 Å². The van der Waals surface area contributed by atoms with Gasteiger partial charge in [0, 0.05) is 23.7 Å². The highest BCUT2D eigenvalue weighted by atomic mass is 32.2. The Hall–Kier alpha value is -2.75. The van der Waals surface area contributed by atoms with E-state index in [2.05, 4.69) is 10.4 Å². The van der Waals surface area contributed by atoms with Crippen molar-refractivity contribution in [2.75, 3.05) is 18.6 Å². The van der Waals surface area contributed by atoms with Gasteiger partial charge in [-0.05, 0) is 24.6 Å². The SMILES string of the molecule is COc1cc(F)ccc1-c1ccc(=O)n(CC(=O)NC2CCS(=O)(=O)C2)n1. The number of benzene rings is 1. The van der Waals surface area contributed by atoms with Crippen molar-refractivity contribution in [3.63, 3.8) is 0 Å². The van der Waals surface area contributed by atoms with Crippen molar-refractivity contribution in [1.82, 2.24) is 15.1 Å². The zero-order chi connectivity index (χ0) is 19.6. The molecule has 0 aliphatic carbocycles. The lowest BCUT2D eigenvalue weighted by Crippen LogP contribution is -2.40. The van der Waals surface area contributed by atoms with Crippen LogP contribution in [0.5, 0.6) is 5.75 Å². The molecule has 1 unspecified atom stereocenters. The number of rotatable bonds is 5. The lowest BCUT2D eigenvalue weighted by Gasteiger charge is -2.13. The molecule has 2 aromatic rings. The fourth-order valence-corrected chi connectivity index (χ4v) is 4.57. The molecule has 1 aromatic heterocycles. The molecule has 1 amide bonds. The first-order chi connectivity index (χ1) is 12.8. The van der Waals surface area contributed by atoms with E-state index in [-0.39, 0.29) is 23.8 Å². The molecule has 0 radical (unpaired) electrons. The van der Waals surface area contributed by atoms with Crippen molar-refractivity contribution in [2.45, 2.75) is 19.0 Å². The summed E-state index contributed by atoms with van der Waals surface area (Å²) in [4.78, 5) is 24.2. The minimum absolute atomic E-state index is 0.0377. The number of hydrogen-bond acceptors (Lipinski definition) is 6. The van der Waals surface area contributed by atoms with Crippen LogP contribution in [0.25, 0.3) is 11.3 Å². The number of sulfone groups is 1. The first-order valence-corrected chi connectivity index (χ1v) is 10.0. The molecule has 0 bridgehead atoms. The number of methoxy groups -OCH3 is 1. The standard InChI is InChI=1S/C17H18FN3O5S/c1-26-15-8-11(18)2-3-13(15)14-4-5-17(23)21(20-14)9-16(22)19-12-6-7-27(24,25)10-12/h2-5,8,12H,6-7,9-10H2,1H3,(H,19,22). The van der Waals surface area contributed by atoms with Crippen LogP contribution >= 0.6 is 0 Å². The summed E-state index contributed by atoms with van der Waals surface area (Å²) < 4.78 is 42.4. The van der Waals surface area contributed by atoms with Crippen LogP contribution in [-0.2, 0) is 21.2 Å². The molecule has 1 saturated heterocycles. The number of nitrogens with zero attached hydrogens (tertiary/aromatic N) is 2. The zero-order valence-corrected chi connectivity index (χ0v) is 15.3. The first-order valence-electron chi connectivity index (χ1n) is 8.19. The normalized spacial score (nSPS) is 18.2. The van der Waals surface area contributed by atoms with Gasteiger partial charge in [0.25, 0.3) is 5.56 Å². The molecule has 3 rings (SSSR count). The van der Waals surface area contributed by atoms with Gasteiger partial charge in [0.05, 0.1) is 24.3 Å². The van der Waals surface area contributed by atoms with E-state index in [9.17, 15) is 22.4 Å². The van der Waals surface area contributed by atoms with Crippen LogP contribution < -0.4 is 15.6 Å². The first kappa shape index (κ1) is 19.0. The summed E-state index contributed by atoms with van der Waals surface area (Å²) in [5.74, 6) is -0.804. The average Bonchev–Trinajstić information content (AvgIpc) is 2.95. The second-order valence-electron chi connectivity index (χ2n) is 6.23. The second kappa shape index (κ2) is 7.47. The number of ether oxygens (including phenoxy) is 1. The van der Waals surface area contributed by atoms with Gasteiger partial charge < -0.3 is 10.1 Å². The predicted octanol–water partition coefficient (Wildman–Crippen LogP) is 0.361. The highest BCUT2D eigenvalue weighted by Gasteiger charge is 2.29. The third-order valence-electron chi connectivity index (χ3n) is 4.20. The Bertz CT molecular complexity index is 1040. The number of nitrogens with one attached hydrogen (secondary N) is 1. The summed E-state index contributed by atoms with van der Waals surface area (Å²) in [5, 5.41) is 6.75. The van der Waals surface area contributed by atoms with Gasteiger partial charge in [0.1, 0.15) is 18.1 Å². The molecular formula is C17H18FN3O5S. The van der Waals surface area contributed by atoms with Crippen LogP contribution in [0.15, 0.2) is 35.1 Å². The summed E-state index contributed by atoms with van der Waals surface area (Å²) in [7, 11) is -1.73. The second-order valence-corrected chi connectivity index (χ2v) is 8.46. The molecule has 1 fully saturated rings. The van der Waals surface area contributed by atoms with Gasteiger partial charge >= 0.3 is 0 Å². The highest BCUT2D eigenvalue weighted by molar-refractivity contribution is 7.91. The van der Waals surface area contributed by atoms with Crippen LogP contribution in [0.4, 0.5) is 4.39 Å². The van der Waals surface area contributed by atoms with E-state index in [0.717, 1.165) is 4.68 Å². The van der Waals surface area contributed by atoms with Crippen molar-refractivity contribution in [2.24, 2.45) is 0 Å². The Morgan fingerprint density at radius 2 is 2.15 bits per heavy atom. The highest BCUT2D eigenvalue weighted by Crippen LogP contribution is 2.28. The maximum atomic E-state index is 13.4. The van der Waals surface area contributed by atoms with E-state index in [1.165, 1.54) is 37.4 Å². The number of carbonyl (C=O) groups excluding carboxylic acids is 1. The number of aromatic nitrogens is 2. The van der Waals surface area contributed by atoms with Crippen molar-refractivity contribution in [1.29, 1.82) is 0 Å². The summed E-state index contributed by atoms with van der Waals surface area (Å²) in [6, 6.07) is 6.14. The van der Waals surface area contributed by atoms with Gasteiger partial charge in [0.2, 0.25) is 5.91 Å². The van der Waals surface area contributed by atoms with E-state index < -0.39 is 33.2 Å². The molecule has 1 aliphatic rings. The van der Waals surface area contributed by atoms with Gasteiger partial charge in [-0.1, -0.05) is 0 Å². The molecule has 8 nitrogen and oxygen atoms in total. The van der Waals surface area contributed by atoms with E-state index >= 15 is 0 Å². The molecule has 0 spiro atoms. The van der Waals surface area contributed by atoms with Crippen LogP contribution in [0.3, 0.4) is 0 Å². The monoisotopic (exact) mass is 395 g/mol. The molecule has 10 heteroatoms. The van der Waals surface area contributed by atoms with Gasteiger partial charge in [-0.2, -0.15) is 5.10 Å². The van der Waals surface area contributed by atoms with E-state index in [4.69, 9.17) is 4.74 Å². The van der Waals surface area contributed by atoms with Crippen LogP contribution in [-0.4, -0.2) is 48.8 Å². The summed E-state index contributed by atoms with van der Waals surface area (Å²) in [6.07, 6.45) is 0.350. The Morgan fingerprint density at radius 1 is 1.37 bits per heavy atom. The molecule has 1 N–H and O–H groups in total. The van der Waals surface area contributed by atoms with Gasteiger partial charge in [0.15, 0.2) is 9.84 Å². The molecule has 1 aliphatic heterocycles. The van der Waals surface area contributed by atoms with Crippen molar-refractivity contribution in [3.8, 4) is 17.0 Å². The maximum absolute atomic E-state index is 13.4. The van der Waals surface area contributed by atoms with Crippen molar-refractivity contribution < 1.29 is 22.3 Å². The maximum Gasteiger partial charge on any atom is 0.267 e. The number of hydrogen-bond donors (Lipinski definition) is 1. The largest absolute Gasteiger partial charge is 0.496 e. The summed E-state index contributed by atoms with van der Waals surface area (Å²) in [6.45, 7) is -0.354. The van der Waals surface area contributed by atoms with Crippen molar-refractivity contribution in [3.05, 3.63) is 46.5 Å². The number of carbonyl (C=O) groups is 1. The Balaban J connectivity index is 1.80. The summed E-state index contributed by atoms with van der Waals surface area (Å²) in [5.41, 5.74) is 0.312.